The lowest BCUT2D eigenvalue weighted by Gasteiger charge is -2.08. The summed E-state index contributed by atoms with van der Waals surface area (Å²) in [5, 5.41) is 11.8. The maximum absolute atomic E-state index is 12.8. The largest absolute Gasteiger partial charge is 0.349 e. The van der Waals surface area contributed by atoms with Gasteiger partial charge in [-0.05, 0) is 51.1 Å². The smallest absolute Gasteiger partial charge is 0.191 e. The number of thioether (sulfide) groups is 1. The molecule has 0 spiro atoms. The van der Waals surface area contributed by atoms with E-state index in [2.05, 4.69) is 50.7 Å². The van der Waals surface area contributed by atoms with Crippen LogP contribution in [0.25, 0.3) is 0 Å². The zero-order valence-corrected chi connectivity index (χ0v) is 17.6. The summed E-state index contributed by atoms with van der Waals surface area (Å²) in [5.41, 5.74) is 3.03. The highest BCUT2D eigenvalue weighted by Gasteiger charge is 2.30. The van der Waals surface area contributed by atoms with Gasteiger partial charge in [0.25, 0.3) is 0 Å². The predicted molar refractivity (Wildman–Crippen MR) is 110 cm³/mol. The van der Waals surface area contributed by atoms with Gasteiger partial charge in [0.2, 0.25) is 0 Å². The summed E-state index contributed by atoms with van der Waals surface area (Å²) in [5.74, 6) is 1.58. The van der Waals surface area contributed by atoms with Crippen LogP contribution in [0.1, 0.15) is 58.3 Å². The second-order valence-corrected chi connectivity index (χ2v) is 8.97. The summed E-state index contributed by atoms with van der Waals surface area (Å²) in [7, 11) is 0. The van der Waals surface area contributed by atoms with Crippen molar-refractivity contribution in [3.05, 3.63) is 51.2 Å². The molecular formula is C20H24N4OS2. The number of aryl methyl sites for hydroxylation is 1. The molecule has 3 aromatic heterocycles. The molecule has 0 radical (unpaired) electrons. The molecule has 7 heteroatoms. The summed E-state index contributed by atoms with van der Waals surface area (Å²) in [6.45, 7) is 7.08. The van der Waals surface area contributed by atoms with E-state index >= 15 is 0 Å². The molecule has 0 aliphatic heterocycles. The summed E-state index contributed by atoms with van der Waals surface area (Å²) in [6.07, 6.45) is 3.16. The van der Waals surface area contributed by atoms with Gasteiger partial charge in [-0.1, -0.05) is 17.8 Å². The first-order valence-corrected chi connectivity index (χ1v) is 11.2. The van der Waals surface area contributed by atoms with Crippen LogP contribution < -0.4 is 0 Å². The van der Waals surface area contributed by atoms with Gasteiger partial charge < -0.3 is 9.13 Å². The number of hydrogen-bond acceptors (Lipinski definition) is 5. The van der Waals surface area contributed by atoms with Crippen molar-refractivity contribution in [2.75, 3.05) is 5.75 Å². The third-order valence-electron chi connectivity index (χ3n) is 5.08. The van der Waals surface area contributed by atoms with E-state index < -0.39 is 0 Å². The third-order valence-corrected chi connectivity index (χ3v) is 6.90. The molecule has 1 aliphatic rings. The van der Waals surface area contributed by atoms with E-state index in [4.69, 9.17) is 0 Å². The molecule has 5 nitrogen and oxygen atoms in total. The van der Waals surface area contributed by atoms with Gasteiger partial charge in [-0.15, -0.1) is 21.5 Å². The van der Waals surface area contributed by atoms with Crippen molar-refractivity contribution < 1.29 is 4.79 Å². The van der Waals surface area contributed by atoms with Crippen LogP contribution in [0.4, 0.5) is 0 Å². The first-order valence-electron chi connectivity index (χ1n) is 9.37. The van der Waals surface area contributed by atoms with E-state index in [-0.39, 0.29) is 5.78 Å². The number of ketones is 1. The Kier molecular flexibility index (Phi) is 5.23. The SMILES string of the molecule is CCn1c(C)cc(C(=O)CSc2nnc(Cc3cccs3)n2C2CC2)c1C. The van der Waals surface area contributed by atoms with E-state index in [1.807, 2.05) is 13.0 Å². The Bertz CT molecular complexity index is 951. The minimum absolute atomic E-state index is 0.165. The molecule has 0 N–H and O–H groups in total. The van der Waals surface area contributed by atoms with Crippen molar-refractivity contribution in [3.63, 3.8) is 0 Å². The van der Waals surface area contributed by atoms with Gasteiger partial charge in [-0.3, -0.25) is 4.79 Å². The molecule has 0 aromatic carbocycles. The number of carbonyl (C=O) groups is 1. The highest BCUT2D eigenvalue weighted by atomic mass is 32.2. The Morgan fingerprint density at radius 2 is 2.15 bits per heavy atom. The lowest BCUT2D eigenvalue weighted by Crippen LogP contribution is -2.08. The van der Waals surface area contributed by atoms with Gasteiger partial charge >= 0.3 is 0 Å². The van der Waals surface area contributed by atoms with E-state index in [0.29, 0.717) is 11.8 Å². The van der Waals surface area contributed by atoms with Crippen LogP contribution in [-0.2, 0) is 13.0 Å². The van der Waals surface area contributed by atoms with E-state index in [1.165, 1.54) is 29.5 Å². The fourth-order valence-corrected chi connectivity index (χ4v) is 5.18. The predicted octanol–water partition coefficient (Wildman–Crippen LogP) is 4.68. The zero-order chi connectivity index (χ0) is 19.0. The lowest BCUT2D eigenvalue weighted by molar-refractivity contribution is 0.102. The number of hydrogen-bond donors (Lipinski definition) is 0. The Morgan fingerprint density at radius 1 is 1.33 bits per heavy atom. The van der Waals surface area contributed by atoms with Gasteiger partial charge in [0.15, 0.2) is 10.9 Å². The van der Waals surface area contributed by atoms with Crippen molar-refractivity contribution in [3.8, 4) is 0 Å². The molecule has 4 rings (SSSR count). The molecule has 142 valence electrons. The van der Waals surface area contributed by atoms with Gasteiger partial charge in [0.05, 0.1) is 5.75 Å². The molecule has 3 aromatic rings. The lowest BCUT2D eigenvalue weighted by atomic mass is 10.2. The molecule has 0 unspecified atom stereocenters. The van der Waals surface area contributed by atoms with Crippen LogP contribution >= 0.6 is 23.1 Å². The Balaban J connectivity index is 1.50. The van der Waals surface area contributed by atoms with Crippen LogP contribution in [0.15, 0.2) is 28.7 Å². The number of thiophene rings is 1. The number of rotatable bonds is 8. The van der Waals surface area contributed by atoms with Crippen LogP contribution in [-0.4, -0.2) is 30.9 Å². The quantitative estimate of drug-likeness (QED) is 0.407. The highest BCUT2D eigenvalue weighted by molar-refractivity contribution is 7.99. The monoisotopic (exact) mass is 400 g/mol. The Hall–Kier alpha value is -1.86. The molecule has 0 amide bonds. The van der Waals surface area contributed by atoms with Crippen LogP contribution in [0.5, 0.6) is 0 Å². The summed E-state index contributed by atoms with van der Waals surface area (Å²) in [6, 6.07) is 6.71. The molecule has 0 atom stereocenters. The molecule has 0 saturated heterocycles. The van der Waals surface area contributed by atoms with Gasteiger partial charge in [0, 0.05) is 40.8 Å². The van der Waals surface area contributed by atoms with Crippen LogP contribution in [0.3, 0.4) is 0 Å². The minimum atomic E-state index is 0.165. The summed E-state index contributed by atoms with van der Waals surface area (Å²) in [4.78, 5) is 14.1. The zero-order valence-electron chi connectivity index (χ0n) is 15.9. The van der Waals surface area contributed by atoms with Crippen LogP contribution in [0.2, 0.25) is 0 Å². The van der Waals surface area contributed by atoms with Gasteiger partial charge in [-0.2, -0.15) is 0 Å². The molecule has 0 bridgehead atoms. The third kappa shape index (κ3) is 3.75. The summed E-state index contributed by atoms with van der Waals surface area (Å²) >= 11 is 3.26. The van der Waals surface area contributed by atoms with Gasteiger partial charge in [0.1, 0.15) is 5.82 Å². The van der Waals surface area contributed by atoms with Crippen LogP contribution in [0, 0.1) is 13.8 Å². The fourth-order valence-electron chi connectivity index (χ4n) is 3.57. The molecule has 1 fully saturated rings. The maximum Gasteiger partial charge on any atom is 0.191 e. The molecule has 3 heterocycles. The first-order chi connectivity index (χ1) is 13.1. The highest BCUT2D eigenvalue weighted by Crippen LogP contribution is 2.39. The number of Topliss-reactive ketones (excluding diaryl/α,β-unsaturated/α-hetero) is 1. The topological polar surface area (TPSA) is 52.7 Å². The van der Waals surface area contributed by atoms with Crippen molar-refractivity contribution in [1.82, 2.24) is 19.3 Å². The van der Waals surface area contributed by atoms with E-state index in [1.54, 1.807) is 11.3 Å². The van der Waals surface area contributed by atoms with E-state index in [9.17, 15) is 4.79 Å². The normalized spacial score (nSPS) is 14.0. The Labute approximate surface area is 167 Å². The minimum Gasteiger partial charge on any atom is -0.349 e. The number of aromatic nitrogens is 4. The fraction of sp³-hybridized carbons (Fsp3) is 0.450. The van der Waals surface area contributed by atoms with Crippen molar-refractivity contribution >= 4 is 28.9 Å². The molecular weight excluding hydrogens is 376 g/mol. The van der Waals surface area contributed by atoms with Gasteiger partial charge in [-0.25, -0.2) is 0 Å². The number of nitrogens with zero attached hydrogens (tertiary/aromatic N) is 4. The molecule has 1 aliphatic carbocycles. The average molecular weight is 401 g/mol. The molecule has 1 saturated carbocycles. The second-order valence-electron chi connectivity index (χ2n) is 7.00. The van der Waals surface area contributed by atoms with Crippen molar-refractivity contribution in [2.45, 2.75) is 57.8 Å². The van der Waals surface area contributed by atoms with E-state index in [0.717, 1.165) is 40.9 Å². The Morgan fingerprint density at radius 3 is 2.78 bits per heavy atom. The average Bonchev–Trinajstić information content (AvgIpc) is 3.08. The van der Waals surface area contributed by atoms with Crippen molar-refractivity contribution in [1.29, 1.82) is 0 Å². The maximum atomic E-state index is 12.8. The number of carbonyl (C=O) groups excluding carboxylic acids is 1. The molecule has 27 heavy (non-hydrogen) atoms. The summed E-state index contributed by atoms with van der Waals surface area (Å²) < 4.78 is 4.44. The first kappa shape index (κ1) is 18.5. The van der Waals surface area contributed by atoms with Crippen molar-refractivity contribution in [2.24, 2.45) is 0 Å². The second kappa shape index (κ2) is 7.64. The standard InChI is InChI=1S/C20H24N4OS2/c1-4-23-13(2)10-17(14(23)3)18(25)12-27-20-22-21-19(24(20)15-7-8-15)11-16-6-5-9-26-16/h5-6,9-10,15H,4,7-8,11-12H2,1-3H3.